The summed E-state index contributed by atoms with van der Waals surface area (Å²) in [5.74, 6) is -0.0595. The number of hydrogen-bond acceptors (Lipinski definition) is 3. The fourth-order valence-corrected chi connectivity index (χ4v) is 2.69. The van der Waals surface area contributed by atoms with Gasteiger partial charge in [-0.05, 0) is 37.5 Å². The number of pyridine rings is 1. The molecule has 0 spiro atoms. The number of anilines is 1. The maximum Gasteiger partial charge on any atom is 0.317 e. The number of hydrogen-bond donors (Lipinski definition) is 2. The first-order valence-corrected chi connectivity index (χ1v) is 9.03. The van der Waals surface area contributed by atoms with Crippen LogP contribution in [0.2, 0.25) is 0 Å². The lowest BCUT2D eigenvalue weighted by molar-refractivity contribution is -0.116. The Morgan fingerprint density at radius 1 is 1.22 bits per heavy atom. The number of halogens is 1. The minimum atomic E-state index is -0.319. The van der Waals surface area contributed by atoms with Crippen LogP contribution in [0, 0.1) is 12.7 Å². The van der Waals surface area contributed by atoms with Crippen LogP contribution in [0.4, 0.5) is 15.0 Å². The van der Waals surface area contributed by atoms with Crippen molar-refractivity contribution in [1.29, 1.82) is 0 Å². The predicted molar refractivity (Wildman–Crippen MR) is 101 cm³/mol. The average Bonchev–Trinajstić information content (AvgIpc) is 3.48. The van der Waals surface area contributed by atoms with Gasteiger partial charge in [-0.1, -0.05) is 24.3 Å². The van der Waals surface area contributed by atoms with Crippen molar-refractivity contribution in [2.24, 2.45) is 0 Å². The van der Waals surface area contributed by atoms with E-state index < -0.39 is 0 Å². The molecule has 2 N–H and O–H groups in total. The minimum absolute atomic E-state index is 0.134. The van der Waals surface area contributed by atoms with Gasteiger partial charge in [-0.15, -0.1) is 0 Å². The van der Waals surface area contributed by atoms with E-state index >= 15 is 0 Å². The molecular formula is C20H23FN4O2. The Bertz CT molecular complexity index is 806. The van der Waals surface area contributed by atoms with Crippen LogP contribution in [0.3, 0.4) is 0 Å². The van der Waals surface area contributed by atoms with Gasteiger partial charge in [-0.25, -0.2) is 14.2 Å². The summed E-state index contributed by atoms with van der Waals surface area (Å²) in [5.41, 5.74) is 1.50. The van der Waals surface area contributed by atoms with Crippen molar-refractivity contribution in [3.05, 3.63) is 59.5 Å². The molecule has 0 aliphatic heterocycles. The van der Waals surface area contributed by atoms with Gasteiger partial charge in [0.2, 0.25) is 5.91 Å². The highest BCUT2D eigenvalue weighted by Gasteiger charge is 2.32. The van der Waals surface area contributed by atoms with Crippen molar-refractivity contribution in [3.8, 4) is 0 Å². The molecule has 0 bridgehead atoms. The first-order chi connectivity index (χ1) is 13.0. The summed E-state index contributed by atoms with van der Waals surface area (Å²) in [6, 6.07) is 9.90. The molecule has 6 nitrogen and oxygen atoms in total. The van der Waals surface area contributed by atoms with E-state index in [1.807, 2.05) is 13.0 Å². The van der Waals surface area contributed by atoms with Crippen molar-refractivity contribution < 1.29 is 14.0 Å². The Morgan fingerprint density at radius 2 is 2.00 bits per heavy atom. The van der Waals surface area contributed by atoms with E-state index in [2.05, 4.69) is 15.6 Å². The molecule has 0 saturated heterocycles. The number of carbonyl (C=O) groups is 2. The number of aryl methyl sites for hydroxylation is 1. The number of nitrogens with one attached hydrogen (secondary N) is 2. The van der Waals surface area contributed by atoms with E-state index in [-0.39, 0.29) is 43.3 Å². The van der Waals surface area contributed by atoms with E-state index in [4.69, 9.17) is 0 Å². The Kier molecular flexibility index (Phi) is 6.01. The fraction of sp³-hybridized carbons (Fsp3) is 0.350. The topological polar surface area (TPSA) is 74.3 Å². The number of urea groups is 1. The number of carbonyl (C=O) groups excluding carboxylic acids is 2. The van der Waals surface area contributed by atoms with Crippen LogP contribution in [0.15, 0.2) is 42.6 Å². The Morgan fingerprint density at radius 3 is 2.67 bits per heavy atom. The number of nitrogens with zero attached hydrogens (tertiary/aromatic N) is 2. The zero-order valence-corrected chi connectivity index (χ0v) is 15.2. The normalized spacial score (nSPS) is 13.1. The first-order valence-electron chi connectivity index (χ1n) is 9.03. The van der Waals surface area contributed by atoms with E-state index in [1.54, 1.807) is 35.4 Å². The molecule has 1 aliphatic carbocycles. The van der Waals surface area contributed by atoms with Gasteiger partial charge < -0.3 is 15.5 Å². The summed E-state index contributed by atoms with van der Waals surface area (Å²) >= 11 is 0. The molecule has 3 amide bonds. The van der Waals surface area contributed by atoms with Gasteiger partial charge in [0.15, 0.2) is 0 Å². The highest BCUT2D eigenvalue weighted by Crippen LogP contribution is 2.28. The number of aromatic nitrogens is 1. The Hall–Kier alpha value is -2.96. The second kappa shape index (κ2) is 8.62. The monoisotopic (exact) mass is 370 g/mol. The van der Waals surface area contributed by atoms with E-state index in [1.165, 1.54) is 6.07 Å². The molecular weight excluding hydrogens is 347 g/mol. The third-order valence-corrected chi connectivity index (χ3v) is 4.35. The summed E-state index contributed by atoms with van der Waals surface area (Å²) in [7, 11) is 0. The SMILES string of the molecule is Cc1ccc(NC(=O)CCNC(=O)N(Cc2ccccc2F)C2CC2)nc1. The number of rotatable bonds is 7. The van der Waals surface area contributed by atoms with Gasteiger partial charge in [0, 0.05) is 30.8 Å². The zero-order chi connectivity index (χ0) is 19.2. The van der Waals surface area contributed by atoms with Gasteiger partial charge in [0.05, 0.1) is 6.54 Å². The number of amides is 3. The molecule has 142 valence electrons. The van der Waals surface area contributed by atoms with Crippen LogP contribution >= 0.6 is 0 Å². The third-order valence-electron chi connectivity index (χ3n) is 4.35. The Balaban J connectivity index is 1.47. The summed E-state index contributed by atoms with van der Waals surface area (Å²) in [4.78, 5) is 30.2. The summed E-state index contributed by atoms with van der Waals surface area (Å²) in [6.45, 7) is 2.35. The molecule has 7 heteroatoms. The van der Waals surface area contributed by atoms with Crippen molar-refractivity contribution >= 4 is 17.8 Å². The van der Waals surface area contributed by atoms with E-state index in [0.717, 1.165) is 18.4 Å². The molecule has 1 heterocycles. The lowest BCUT2D eigenvalue weighted by Gasteiger charge is -2.23. The second-order valence-corrected chi connectivity index (χ2v) is 6.70. The standard InChI is InChI=1S/C20H23FN4O2/c1-14-6-9-18(23-12-14)24-19(26)10-11-22-20(27)25(16-7-8-16)13-15-4-2-3-5-17(15)21/h2-6,9,12,16H,7-8,10-11,13H2,1H3,(H,22,27)(H,23,24,26). The molecule has 1 aromatic carbocycles. The van der Waals surface area contributed by atoms with Gasteiger partial charge >= 0.3 is 6.03 Å². The molecule has 2 aromatic rings. The predicted octanol–water partition coefficient (Wildman–Crippen LogP) is 3.23. The molecule has 1 saturated carbocycles. The summed E-state index contributed by atoms with van der Waals surface area (Å²) < 4.78 is 13.9. The molecule has 1 fully saturated rings. The maximum absolute atomic E-state index is 13.9. The molecule has 1 aromatic heterocycles. The number of benzene rings is 1. The van der Waals surface area contributed by atoms with Gasteiger partial charge in [-0.3, -0.25) is 4.79 Å². The molecule has 27 heavy (non-hydrogen) atoms. The van der Waals surface area contributed by atoms with Crippen LogP contribution in [0.25, 0.3) is 0 Å². The van der Waals surface area contributed by atoms with E-state index in [0.29, 0.717) is 11.4 Å². The summed E-state index contributed by atoms with van der Waals surface area (Å²) in [5, 5.41) is 5.44. The highest BCUT2D eigenvalue weighted by molar-refractivity contribution is 5.90. The molecule has 0 radical (unpaired) electrons. The highest BCUT2D eigenvalue weighted by atomic mass is 19.1. The smallest absolute Gasteiger partial charge is 0.317 e. The summed E-state index contributed by atoms with van der Waals surface area (Å²) in [6.07, 6.45) is 3.65. The van der Waals surface area contributed by atoms with Gasteiger partial charge in [-0.2, -0.15) is 0 Å². The zero-order valence-electron chi connectivity index (χ0n) is 15.2. The van der Waals surface area contributed by atoms with Crippen LogP contribution < -0.4 is 10.6 Å². The molecule has 0 unspecified atom stereocenters. The maximum atomic E-state index is 13.9. The average molecular weight is 370 g/mol. The van der Waals surface area contributed by atoms with Crippen LogP contribution in [0.1, 0.15) is 30.4 Å². The lowest BCUT2D eigenvalue weighted by Crippen LogP contribution is -2.42. The van der Waals surface area contributed by atoms with Gasteiger partial charge in [0.1, 0.15) is 11.6 Å². The first kappa shape index (κ1) is 18.8. The molecule has 0 atom stereocenters. The second-order valence-electron chi connectivity index (χ2n) is 6.70. The largest absolute Gasteiger partial charge is 0.337 e. The van der Waals surface area contributed by atoms with Gasteiger partial charge in [0.25, 0.3) is 0 Å². The van der Waals surface area contributed by atoms with Crippen molar-refractivity contribution in [1.82, 2.24) is 15.2 Å². The lowest BCUT2D eigenvalue weighted by atomic mass is 10.2. The third kappa shape index (κ3) is 5.51. The van der Waals surface area contributed by atoms with Crippen molar-refractivity contribution in [2.75, 3.05) is 11.9 Å². The molecule has 1 aliphatic rings. The minimum Gasteiger partial charge on any atom is -0.337 e. The van der Waals surface area contributed by atoms with Crippen molar-refractivity contribution in [2.45, 2.75) is 38.8 Å². The van der Waals surface area contributed by atoms with E-state index in [9.17, 15) is 14.0 Å². The van der Waals surface area contributed by atoms with Crippen LogP contribution in [-0.2, 0) is 11.3 Å². The van der Waals surface area contributed by atoms with Crippen LogP contribution in [-0.4, -0.2) is 34.4 Å². The molecule has 3 rings (SSSR count). The van der Waals surface area contributed by atoms with Crippen LogP contribution in [0.5, 0.6) is 0 Å². The Labute approximate surface area is 157 Å². The van der Waals surface area contributed by atoms with Crippen molar-refractivity contribution in [3.63, 3.8) is 0 Å². The quantitative estimate of drug-likeness (QED) is 0.786. The fourth-order valence-electron chi connectivity index (χ4n) is 2.69.